The van der Waals surface area contributed by atoms with Crippen molar-refractivity contribution in [2.75, 3.05) is 11.9 Å². The molecule has 0 bridgehead atoms. The summed E-state index contributed by atoms with van der Waals surface area (Å²) in [4.78, 5) is 17.8. The molecule has 1 N–H and O–H groups in total. The number of hydrogen-bond donors (Lipinski definition) is 1. The van der Waals surface area contributed by atoms with Gasteiger partial charge >= 0.3 is 12.2 Å². The van der Waals surface area contributed by atoms with Gasteiger partial charge in [0.05, 0.1) is 30.3 Å². The van der Waals surface area contributed by atoms with E-state index in [0.717, 1.165) is 12.1 Å². The molecule has 130 valence electrons. The van der Waals surface area contributed by atoms with Gasteiger partial charge in [-0.3, -0.25) is 4.98 Å². The Balaban J connectivity index is 2.12. The lowest BCUT2D eigenvalue weighted by molar-refractivity contribution is -0.137. The molecule has 0 saturated heterocycles. The number of nitrogens with one attached hydrogen (secondary N) is 1. The molecule has 1 heterocycles. The van der Waals surface area contributed by atoms with Crippen LogP contribution in [-0.2, 0) is 12.7 Å². The van der Waals surface area contributed by atoms with Gasteiger partial charge in [-0.15, -0.1) is 0 Å². The molecule has 0 spiro atoms. The number of alkyl halides is 3. The smallest absolute Gasteiger partial charge is 0.318 e. The highest BCUT2D eigenvalue weighted by molar-refractivity contribution is 5.89. The molecule has 2 rings (SSSR count). The first kappa shape index (κ1) is 18.3. The molecule has 0 unspecified atom stereocenters. The molecule has 0 aliphatic carbocycles. The van der Waals surface area contributed by atoms with Crippen molar-refractivity contribution < 1.29 is 18.0 Å². The fourth-order valence-corrected chi connectivity index (χ4v) is 2.10. The molecular formula is C17H15F3N4O. The maximum absolute atomic E-state index is 12.8. The summed E-state index contributed by atoms with van der Waals surface area (Å²) in [6.45, 7) is 0.283. The summed E-state index contributed by atoms with van der Waals surface area (Å²) in [6, 6.07) is 10.9. The van der Waals surface area contributed by atoms with Crippen LogP contribution in [0.15, 0.2) is 48.7 Å². The van der Waals surface area contributed by atoms with E-state index in [-0.39, 0.29) is 25.2 Å². The number of urea groups is 1. The van der Waals surface area contributed by atoms with Crippen LogP contribution in [0.2, 0.25) is 0 Å². The first-order chi connectivity index (χ1) is 11.9. The molecule has 2 aromatic rings. The lowest BCUT2D eigenvalue weighted by atomic mass is 10.2. The lowest BCUT2D eigenvalue weighted by Gasteiger charge is -2.22. The Hall–Kier alpha value is -3.08. The van der Waals surface area contributed by atoms with Crippen molar-refractivity contribution in [3.8, 4) is 6.07 Å². The van der Waals surface area contributed by atoms with Crippen molar-refractivity contribution in [2.45, 2.75) is 19.1 Å². The van der Waals surface area contributed by atoms with Crippen molar-refractivity contribution >= 4 is 11.7 Å². The van der Waals surface area contributed by atoms with E-state index in [1.165, 1.54) is 17.0 Å². The van der Waals surface area contributed by atoms with E-state index in [2.05, 4.69) is 10.3 Å². The first-order valence-corrected chi connectivity index (χ1v) is 7.40. The maximum atomic E-state index is 12.8. The number of amides is 2. The van der Waals surface area contributed by atoms with Crippen LogP contribution in [-0.4, -0.2) is 22.5 Å². The highest BCUT2D eigenvalue weighted by atomic mass is 19.4. The van der Waals surface area contributed by atoms with Crippen LogP contribution >= 0.6 is 0 Å². The molecule has 0 radical (unpaired) electrons. The third-order valence-electron chi connectivity index (χ3n) is 3.30. The summed E-state index contributed by atoms with van der Waals surface area (Å²) in [6.07, 6.45) is -2.82. The van der Waals surface area contributed by atoms with Crippen LogP contribution < -0.4 is 5.32 Å². The van der Waals surface area contributed by atoms with Crippen molar-refractivity contribution in [1.82, 2.24) is 9.88 Å². The molecule has 0 aliphatic rings. The van der Waals surface area contributed by atoms with E-state index < -0.39 is 17.8 Å². The number of nitriles is 1. The number of halogens is 3. The molecular weight excluding hydrogens is 333 g/mol. The summed E-state index contributed by atoms with van der Waals surface area (Å²) in [5.41, 5.74) is -0.207. The zero-order valence-corrected chi connectivity index (χ0v) is 13.1. The summed E-state index contributed by atoms with van der Waals surface area (Å²) < 4.78 is 38.3. The van der Waals surface area contributed by atoms with E-state index in [4.69, 9.17) is 5.26 Å². The quantitative estimate of drug-likeness (QED) is 0.886. The fraction of sp³-hybridized carbons (Fsp3) is 0.235. The van der Waals surface area contributed by atoms with E-state index in [9.17, 15) is 18.0 Å². The molecule has 5 nitrogen and oxygen atoms in total. The Morgan fingerprint density at radius 3 is 2.68 bits per heavy atom. The Bertz CT molecular complexity index is 756. The van der Waals surface area contributed by atoms with E-state index in [1.807, 2.05) is 6.07 Å². The Kier molecular flexibility index (Phi) is 5.95. The zero-order chi connectivity index (χ0) is 18.3. The Morgan fingerprint density at radius 1 is 1.24 bits per heavy atom. The molecule has 1 aromatic carbocycles. The monoisotopic (exact) mass is 348 g/mol. The number of carbonyl (C=O) groups excluding carboxylic acids is 1. The van der Waals surface area contributed by atoms with Crippen LogP contribution in [0.4, 0.5) is 23.7 Å². The Morgan fingerprint density at radius 2 is 2.04 bits per heavy atom. The second-order valence-electron chi connectivity index (χ2n) is 5.16. The van der Waals surface area contributed by atoms with Crippen LogP contribution in [0.25, 0.3) is 0 Å². The summed E-state index contributed by atoms with van der Waals surface area (Å²) in [5, 5.41) is 11.2. The number of benzene rings is 1. The van der Waals surface area contributed by atoms with E-state index >= 15 is 0 Å². The van der Waals surface area contributed by atoms with Gasteiger partial charge in [-0.1, -0.05) is 12.1 Å². The topological polar surface area (TPSA) is 69.0 Å². The fourth-order valence-electron chi connectivity index (χ4n) is 2.10. The van der Waals surface area contributed by atoms with Gasteiger partial charge in [0.25, 0.3) is 0 Å². The van der Waals surface area contributed by atoms with Crippen LogP contribution in [0.3, 0.4) is 0 Å². The van der Waals surface area contributed by atoms with Crippen molar-refractivity contribution in [1.29, 1.82) is 5.26 Å². The average Bonchev–Trinajstić information content (AvgIpc) is 2.59. The number of aromatic nitrogens is 1. The number of pyridine rings is 1. The number of anilines is 1. The normalized spacial score (nSPS) is 10.8. The maximum Gasteiger partial charge on any atom is 0.416 e. The largest absolute Gasteiger partial charge is 0.416 e. The second kappa shape index (κ2) is 8.15. The average molecular weight is 348 g/mol. The molecule has 25 heavy (non-hydrogen) atoms. The SMILES string of the molecule is N#CCCN(Cc1ccccn1)C(=O)Nc1cccc(C(F)(F)F)c1. The summed E-state index contributed by atoms with van der Waals surface area (Å²) in [7, 11) is 0. The highest BCUT2D eigenvalue weighted by Crippen LogP contribution is 2.30. The summed E-state index contributed by atoms with van der Waals surface area (Å²) in [5.74, 6) is 0. The minimum Gasteiger partial charge on any atom is -0.318 e. The van der Waals surface area contributed by atoms with Gasteiger partial charge < -0.3 is 10.2 Å². The molecule has 0 fully saturated rings. The lowest BCUT2D eigenvalue weighted by Crippen LogP contribution is -2.35. The van der Waals surface area contributed by atoms with Crippen molar-refractivity contribution in [2.24, 2.45) is 0 Å². The number of nitrogens with zero attached hydrogens (tertiary/aromatic N) is 3. The van der Waals surface area contributed by atoms with Crippen molar-refractivity contribution in [3.63, 3.8) is 0 Å². The third-order valence-corrected chi connectivity index (χ3v) is 3.30. The molecule has 8 heteroatoms. The molecule has 0 atom stereocenters. The van der Waals surface area contributed by atoms with Gasteiger partial charge in [0.1, 0.15) is 0 Å². The highest BCUT2D eigenvalue weighted by Gasteiger charge is 2.30. The van der Waals surface area contributed by atoms with Gasteiger partial charge in [-0.2, -0.15) is 18.4 Å². The second-order valence-corrected chi connectivity index (χ2v) is 5.16. The summed E-state index contributed by atoms with van der Waals surface area (Å²) >= 11 is 0. The number of rotatable bonds is 5. The van der Waals surface area contributed by atoms with Gasteiger partial charge in [0.15, 0.2) is 0 Å². The van der Waals surface area contributed by atoms with Crippen LogP contribution in [0, 0.1) is 11.3 Å². The van der Waals surface area contributed by atoms with Crippen LogP contribution in [0.1, 0.15) is 17.7 Å². The van der Waals surface area contributed by atoms with Gasteiger partial charge in [0.2, 0.25) is 0 Å². The number of hydrogen-bond acceptors (Lipinski definition) is 3. The van der Waals surface area contributed by atoms with E-state index in [1.54, 1.807) is 24.4 Å². The standard InChI is InChI=1S/C17H15F3N4O/c18-17(19,20)13-5-3-7-14(11-13)23-16(25)24(10-4-8-21)12-15-6-1-2-9-22-15/h1-3,5-7,9,11H,4,10,12H2,(H,23,25). The minimum atomic E-state index is -4.49. The predicted octanol–water partition coefficient (Wildman–Crippen LogP) is 4.05. The Labute approximate surface area is 142 Å². The number of carbonyl (C=O) groups is 1. The molecule has 0 saturated carbocycles. The first-order valence-electron chi connectivity index (χ1n) is 7.40. The zero-order valence-electron chi connectivity index (χ0n) is 13.1. The predicted molar refractivity (Wildman–Crippen MR) is 85.3 cm³/mol. The van der Waals surface area contributed by atoms with Gasteiger partial charge in [-0.05, 0) is 30.3 Å². The molecule has 2 amide bonds. The van der Waals surface area contributed by atoms with Gasteiger partial charge in [-0.25, -0.2) is 4.79 Å². The minimum absolute atomic E-state index is 0.0304. The van der Waals surface area contributed by atoms with Gasteiger partial charge in [0, 0.05) is 18.4 Å². The third kappa shape index (κ3) is 5.49. The molecule has 1 aromatic heterocycles. The van der Waals surface area contributed by atoms with E-state index in [0.29, 0.717) is 5.69 Å². The van der Waals surface area contributed by atoms with Crippen molar-refractivity contribution in [3.05, 3.63) is 59.9 Å². The van der Waals surface area contributed by atoms with Crippen LogP contribution in [0.5, 0.6) is 0 Å². The molecule has 0 aliphatic heterocycles.